The molecule has 276 valence electrons. The minimum atomic E-state index is -4.23. The van der Waals surface area contributed by atoms with Gasteiger partial charge in [-0.3, -0.25) is 19.7 Å². The van der Waals surface area contributed by atoms with E-state index in [1.54, 1.807) is 24.3 Å². The minimum absolute atomic E-state index is 0.0341. The van der Waals surface area contributed by atoms with Gasteiger partial charge < -0.3 is 25.5 Å². The Kier molecular flexibility index (Phi) is 14.1. The molecule has 0 aliphatic heterocycles. The van der Waals surface area contributed by atoms with E-state index < -0.39 is 57.1 Å². The second-order valence-electron chi connectivity index (χ2n) is 12.1. The summed E-state index contributed by atoms with van der Waals surface area (Å²) in [4.78, 5) is 53.1. The van der Waals surface area contributed by atoms with E-state index >= 15 is 0 Å². The summed E-state index contributed by atoms with van der Waals surface area (Å²) in [5.74, 6) is -1.34. The zero-order valence-electron chi connectivity index (χ0n) is 28.8. The molecule has 2 amide bonds. The summed E-state index contributed by atoms with van der Waals surface area (Å²) in [6.07, 6.45) is 0.965. The molecule has 0 aliphatic rings. The number of nitro benzene ring substituents is 1. The van der Waals surface area contributed by atoms with Crippen LogP contribution in [0, 0.1) is 16.0 Å². The summed E-state index contributed by atoms with van der Waals surface area (Å²) in [6.45, 7) is 3.31. The Morgan fingerprint density at radius 2 is 1.58 bits per heavy atom. The van der Waals surface area contributed by atoms with Crippen molar-refractivity contribution in [2.75, 3.05) is 31.3 Å². The van der Waals surface area contributed by atoms with Crippen LogP contribution in [0.4, 0.5) is 16.2 Å². The molecule has 14 nitrogen and oxygen atoms in total. The highest BCUT2D eigenvalue weighted by Crippen LogP contribution is 2.32. The monoisotopic (exact) mass is 751 g/mol. The van der Waals surface area contributed by atoms with Crippen molar-refractivity contribution in [2.45, 2.75) is 48.1 Å². The third kappa shape index (κ3) is 10.1. The number of nitrogens with one attached hydrogen (secondary N) is 3. The SMILES string of the molecule is COC(=O)N[C@H](C(=O)Nc1c(SC[C@@H](CO)N(CCC(C)C)S(=O)(=O)c2ccc([N+](=O)[O-])cc2)cc[nH]c1=O)C(c1ccccc1)c1ccccc1. The summed E-state index contributed by atoms with van der Waals surface area (Å²) in [7, 11) is -3.06. The molecule has 0 spiro atoms. The lowest BCUT2D eigenvalue weighted by molar-refractivity contribution is -0.384. The number of aromatic nitrogens is 1. The van der Waals surface area contributed by atoms with Crippen LogP contribution in [0.2, 0.25) is 0 Å². The molecule has 0 fully saturated rings. The quantitative estimate of drug-likeness (QED) is 0.0649. The Bertz CT molecular complexity index is 1940. The molecule has 4 N–H and O–H groups in total. The molecule has 0 saturated heterocycles. The summed E-state index contributed by atoms with van der Waals surface area (Å²) in [5.41, 5.74) is 0.361. The standard InChI is InChI=1S/C36H41N5O9S2/c1-24(2)19-21-40(52(48,49)29-16-14-27(15-17-29)41(46)47)28(22-42)23-51-30-18-20-37-34(43)32(30)38-35(44)33(39-36(45)50-3)31(25-10-6-4-7-11-25)26-12-8-5-9-13-26/h4-18,20,24,28,31,33,42H,19,21-23H2,1-3H3,(H,37,43)(H,38,44)(H,39,45)/t28-,33+/m1/s1. The summed E-state index contributed by atoms with van der Waals surface area (Å²) < 4.78 is 33.7. The number of hydrogen-bond acceptors (Lipinski definition) is 10. The third-order valence-electron chi connectivity index (χ3n) is 8.19. The van der Waals surface area contributed by atoms with Gasteiger partial charge >= 0.3 is 6.09 Å². The predicted octanol–water partition coefficient (Wildman–Crippen LogP) is 4.97. The number of H-pyrrole nitrogens is 1. The Morgan fingerprint density at radius 1 is 0.981 bits per heavy atom. The number of thioether (sulfide) groups is 1. The highest BCUT2D eigenvalue weighted by molar-refractivity contribution is 7.99. The highest BCUT2D eigenvalue weighted by atomic mass is 32.2. The number of carbonyl (C=O) groups is 2. The van der Waals surface area contributed by atoms with Crippen LogP contribution in [-0.4, -0.2) is 77.8 Å². The molecule has 0 radical (unpaired) electrons. The van der Waals surface area contributed by atoms with E-state index in [1.165, 1.54) is 19.4 Å². The van der Waals surface area contributed by atoms with Gasteiger partial charge in [-0.2, -0.15) is 4.31 Å². The predicted molar refractivity (Wildman–Crippen MR) is 198 cm³/mol. The van der Waals surface area contributed by atoms with Crippen LogP contribution in [0.3, 0.4) is 0 Å². The Balaban J connectivity index is 1.66. The van der Waals surface area contributed by atoms with Gasteiger partial charge in [-0.1, -0.05) is 74.5 Å². The number of aromatic amines is 1. The van der Waals surface area contributed by atoms with Crippen LogP contribution < -0.4 is 16.2 Å². The van der Waals surface area contributed by atoms with Crippen molar-refractivity contribution in [2.24, 2.45) is 5.92 Å². The number of aliphatic hydroxyl groups excluding tert-OH is 1. The van der Waals surface area contributed by atoms with Crippen molar-refractivity contribution in [1.29, 1.82) is 0 Å². The van der Waals surface area contributed by atoms with Gasteiger partial charge in [0, 0.05) is 41.4 Å². The molecule has 0 aliphatic carbocycles. The number of aliphatic hydroxyl groups is 1. The lowest BCUT2D eigenvalue weighted by Crippen LogP contribution is -2.48. The molecule has 0 saturated carbocycles. The van der Waals surface area contributed by atoms with Crippen LogP contribution in [0.5, 0.6) is 0 Å². The molecule has 4 aromatic rings. The first-order valence-corrected chi connectivity index (χ1v) is 18.8. The van der Waals surface area contributed by atoms with E-state index in [0.29, 0.717) is 17.5 Å². The summed E-state index contributed by atoms with van der Waals surface area (Å²) >= 11 is 1.05. The third-order valence-corrected chi connectivity index (χ3v) is 11.4. The zero-order chi connectivity index (χ0) is 37.8. The van der Waals surface area contributed by atoms with Gasteiger partial charge in [0.1, 0.15) is 11.7 Å². The molecule has 1 heterocycles. The first-order valence-electron chi connectivity index (χ1n) is 16.3. The van der Waals surface area contributed by atoms with E-state index in [-0.39, 0.29) is 39.4 Å². The fourth-order valence-corrected chi connectivity index (χ4v) is 8.29. The maximum atomic E-state index is 14.1. The Hall–Kier alpha value is -5.03. The van der Waals surface area contributed by atoms with E-state index in [0.717, 1.165) is 40.3 Å². The number of nitrogens with zero attached hydrogens (tertiary/aromatic N) is 2. The minimum Gasteiger partial charge on any atom is -0.453 e. The number of carbonyl (C=O) groups excluding carboxylic acids is 2. The number of ether oxygens (including phenoxy) is 1. The maximum Gasteiger partial charge on any atom is 0.407 e. The lowest BCUT2D eigenvalue weighted by atomic mass is 9.84. The van der Waals surface area contributed by atoms with Gasteiger partial charge in [0.25, 0.3) is 11.2 Å². The first-order chi connectivity index (χ1) is 24.9. The number of alkyl carbamates (subject to hydrolysis) is 1. The number of amides is 2. The molecule has 1 aromatic heterocycles. The van der Waals surface area contributed by atoms with E-state index in [1.807, 2.05) is 50.2 Å². The summed E-state index contributed by atoms with van der Waals surface area (Å²) in [5, 5.41) is 27.0. The van der Waals surface area contributed by atoms with Crippen LogP contribution in [-0.2, 0) is 19.6 Å². The summed E-state index contributed by atoms with van der Waals surface area (Å²) in [6, 6.07) is 21.9. The van der Waals surface area contributed by atoms with Crippen molar-refractivity contribution in [1.82, 2.24) is 14.6 Å². The molecule has 0 bridgehead atoms. The average molecular weight is 752 g/mol. The molecule has 52 heavy (non-hydrogen) atoms. The number of benzene rings is 3. The van der Waals surface area contributed by atoms with E-state index in [2.05, 4.69) is 15.6 Å². The Morgan fingerprint density at radius 3 is 2.10 bits per heavy atom. The van der Waals surface area contributed by atoms with Crippen molar-refractivity contribution < 1.29 is 32.8 Å². The molecule has 4 rings (SSSR count). The lowest BCUT2D eigenvalue weighted by Gasteiger charge is -2.30. The zero-order valence-corrected chi connectivity index (χ0v) is 30.4. The molecule has 16 heteroatoms. The number of hydrogen-bond donors (Lipinski definition) is 4. The van der Waals surface area contributed by atoms with Gasteiger partial charge in [-0.05, 0) is 41.7 Å². The highest BCUT2D eigenvalue weighted by Gasteiger charge is 2.35. The molecular formula is C36H41N5O9S2. The van der Waals surface area contributed by atoms with Gasteiger partial charge in [0.05, 0.1) is 29.6 Å². The van der Waals surface area contributed by atoms with Crippen molar-refractivity contribution in [3.8, 4) is 0 Å². The van der Waals surface area contributed by atoms with Gasteiger partial charge in [0.2, 0.25) is 15.9 Å². The van der Waals surface area contributed by atoms with Gasteiger partial charge in [-0.25, -0.2) is 13.2 Å². The average Bonchev–Trinajstić information content (AvgIpc) is 3.14. The van der Waals surface area contributed by atoms with Crippen LogP contribution in [0.1, 0.15) is 37.3 Å². The molecule has 2 atom stereocenters. The second-order valence-corrected chi connectivity index (χ2v) is 15.1. The number of rotatable bonds is 17. The normalized spacial score (nSPS) is 12.8. The van der Waals surface area contributed by atoms with Gasteiger partial charge in [-0.15, -0.1) is 11.8 Å². The number of nitro groups is 1. The van der Waals surface area contributed by atoms with Crippen LogP contribution in [0.25, 0.3) is 0 Å². The van der Waals surface area contributed by atoms with Crippen LogP contribution in [0.15, 0.2) is 112 Å². The molecule has 0 unspecified atom stereocenters. The smallest absolute Gasteiger partial charge is 0.407 e. The van der Waals surface area contributed by atoms with Crippen molar-refractivity contribution in [3.63, 3.8) is 0 Å². The maximum absolute atomic E-state index is 14.1. The number of anilines is 1. The molecular weight excluding hydrogens is 711 g/mol. The topological polar surface area (TPSA) is 201 Å². The number of non-ortho nitro benzene ring substituents is 1. The van der Waals surface area contributed by atoms with Crippen molar-refractivity contribution >= 4 is 45.2 Å². The molecule has 3 aromatic carbocycles. The first kappa shape index (κ1) is 39.8. The van der Waals surface area contributed by atoms with Crippen molar-refractivity contribution in [3.05, 3.63) is 129 Å². The number of methoxy groups -OCH3 is 1. The number of sulfonamides is 1. The number of pyridine rings is 1. The van der Waals surface area contributed by atoms with Crippen LogP contribution >= 0.6 is 11.8 Å². The largest absolute Gasteiger partial charge is 0.453 e. The van der Waals surface area contributed by atoms with E-state index in [4.69, 9.17) is 4.74 Å². The van der Waals surface area contributed by atoms with E-state index in [9.17, 15) is 38.0 Å². The van der Waals surface area contributed by atoms with Gasteiger partial charge in [0.15, 0.2) is 0 Å². The Labute approximate surface area is 305 Å². The second kappa shape index (κ2) is 18.5. The fraction of sp³-hybridized carbons (Fsp3) is 0.306. The fourth-order valence-electron chi connectivity index (χ4n) is 5.46.